The van der Waals surface area contributed by atoms with E-state index in [1.165, 1.54) is 0 Å². The van der Waals surface area contributed by atoms with Gasteiger partial charge < -0.3 is 10.0 Å². The molecule has 0 fully saturated rings. The van der Waals surface area contributed by atoms with E-state index in [-0.39, 0.29) is 17.7 Å². The molecule has 4 rings (SSSR count). The first-order valence-electron chi connectivity index (χ1n) is 8.45. The van der Waals surface area contributed by atoms with Gasteiger partial charge in [0.25, 0.3) is 5.91 Å². The van der Waals surface area contributed by atoms with Crippen LogP contribution in [0.2, 0.25) is 0 Å². The Hall–Kier alpha value is -3.08. The lowest BCUT2D eigenvalue weighted by atomic mass is 9.96. The highest BCUT2D eigenvalue weighted by Crippen LogP contribution is 2.44. The molecule has 1 aliphatic rings. The van der Waals surface area contributed by atoms with Gasteiger partial charge in [0, 0.05) is 17.7 Å². The summed E-state index contributed by atoms with van der Waals surface area (Å²) in [6.45, 7) is 2.73. The molecule has 2 N–H and O–H groups in total. The summed E-state index contributed by atoms with van der Waals surface area (Å²) >= 11 is 0. The lowest BCUT2D eigenvalue weighted by Gasteiger charge is -2.26. The van der Waals surface area contributed by atoms with Crippen LogP contribution in [-0.4, -0.2) is 32.7 Å². The van der Waals surface area contributed by atoms with Crippen LogP contribution < -0.4 is 0 Å². The summed E-state index contributed by atoms with van der Waals surface area (Å²) in [6.07, 6.45) is 0.874. The zero-order valence-electron chi connectivity index (χ0n) is 13.9. The second-order valence-corrected chi connectivity index (χ2v) is 6.19. The molecule has 0 aliphatic carbocycles. The number of H-pyrrole nitrogens is 1. The number of benzene rings is 2. The fourth-order valence-electron chi connectivity index (χ4n) is 3.53. The molecule has 2 aromatic carbocycles. The summed E-state index contributed by atoms with van der Waals surface area (Å²) in [7, 11) is 0. The lowest BCUT2D eigenvalue weighted by Crippen LogP contribution is -2.30. The van der Waals surface area contributed by atoms with Crippen molar-refractivity contribution in [2.24, 2.45) is 0 Å². The molecule has 126 valence electrons. The second-order valence-electron chi connectivity index (χ2n) is 6.19. The summed E-state index contributed by atoms with van der Waals surface area (Å²) < 4.78 is 0. The first-order chi connectivity index (χ1) is 12.2. The molecule has 0 radical (unpaired) electrons. The minimum atomic E-state index is -0.197. The van der Waals surface area contributed by atoms with Gasteiger partial charge in [-0.15, -0.1) is 0 Å². The minimum Gasteiger partial charge on any atom is -0.507 e. The van der Waals surface area contributed by atoms with E-state index in [2.05, 4.69) is 17.1 Å². The summed E-state index contributed by atoms with van der Waals surface area (Å²) in [5.41, 5.74) is 3.66. The molecule has 1 atom stereocenters. The monoisotopic (exact) mass is 333 g/mol. The Labute approximate surface area is 145 Å². The predicted octanol–water partition coefficient (Wildman–Crippen LogP) is 3.74. The average Bonchev–Trinajstić information content (AvgIpc) is 3.17. The molecule has 0 saturated carbocycles. The van der Waals surface area contributed by atoms with E-state index in [4.69, 9.17) is 0 Å². The highest BCUT2D eigenvalue weighted by atomic mass is 16.3. The third-order valence-electron chi connectivity index (χ3n) is 4.60. The van der Waals surface area contributed by atoms with Crippen molar-refractivity contribution < 1.29 is 9.90 Å². The lowest BCUT2D eigenvalue weighted by molar-refractivity contribution is 0.0744. The summed E-state index contributed by atoms with van der Waals surface area (Å²) in [5.74, 6) is 0.116. The standard InChI is InChI=1S/C20H19N3O2/c1-2-12-23-19(13-8-4-3-5-9-13)16-17(21-22-18(16)20(23)25)14-10-6-7-11-15(14)24/h3-11,19,24H,2,12H2,1H3,(H,21,22)/t19-/m0/s1. The zero-order valence-corrected chi connectivity index (χ0v) is 13.9. The summed E-state index contributed by atoms with van der Waals surface area (Å²) in [5, 5.41) is 17.5. The second kappa shape index (κ2) is 6.09. The van der Waals surface area contributed by atoms with Crippen molar-refractivity contribution in [1.82, 2.24) is 15.1 Å². The first-order valence-corrected chi connectivity index (χ1v) is 8.45. The van der Waals surface area contributed by atoms with Crippen molar-refractivity contribution in [3.8, 4) is 17.0 Å². The maximum absolute atomic E-state index is 12.9. The maximum atomic E-state index is 12.9. The van der Waals surface area contributed by atoms with Crippen molar-refractivity contribution in [3.05, 3.63) is 71.4 Å². The van der Waals surface area contributed by atoms with Crippen LogP contribution in [0.25, 0.3) is 11.3 Å². The number of amides is 1. The molecule has 1 aromatic heterocycles. The number of aromatic amines is 1. The molecule has 1 aliphatic heterocycles. The van der Waals surface area contributed by atoms with Crippen LogP contribution in [0.4, 0.5) is 0 Å². The molecule has 0 bridgehead atoms. The Bertz CT molecular complexity index is 918. The first kappa shape index (κ1) is 15.4. The third kappa shape index (κ3) is 2.39. The molecule has 1 amide bonds. The Morgan fingerprint density at radius 1 is 1.12 bits per heavy atom. The van der Waals surface area contributed by atoms with Crippen LogP contribution in [0, 0.1) is 0 Å². The molecular weight excluding hydrogens is 314 g/mol. The molecular formula is C20H19N3O2. The number of aromatic hydroxyl groups is 1. The Balaban J connectivity index is 1.92. The number of carbonyl (C=O) groups excluding carboxylic acids is 1. The van der Waals surface area contributed by atoms with Crippen LogP contribution >= 0.6 is 0 Å². The molecule has 0 unspecified atom stereocenters. The Kier molecular flexibility index (Phi) is 3.76. The van der Waals surface area contributed by atoms with Gasteiger partial charge in [-0.05, 0) is 24.1 Å². The fraction of sp³-hybridized carbons (Fsp3) is 0.200. The molecule has 2 heterocycles. The van der Waals surface area contributed by atoms with E-state index >= 15 is 0 Å². The molecule has 5 heteroatoms. The van der Waals surface area contributed by atoms with Crippen LogP contribution in [0.15, 0.2) is 54.6 Å². The number of phenolic OH excluding ortho intramolecular Hbond substituents is 1. The van der Waals surface area contributed by atoms with Crippen LogP contribution in [0.1, 0.15) is 41.0 Å². The Morgan fingerprint density at radius 2 is 1.84 bits per heavy atom. The molecule has 0 saturated heterocycles. The van der Waals surface area contributed by atoms with E-state index in [1.807, 2.05) is 47.4 Å². The van der Waals surface area contributed by atoms with E-state index in [9.17, 15) is 9.90 Å². The zero-order chi connectivity index (χ0) is 17.4. The molecule has 3 aromatic rings. The van der Waals surface area contributed by atoms with Gasteiger partial charge in [-0.25, -0.2) is 0 Å². The number of nitrogens with one attached hydrogen (secondary N) is 1. The smallest absolute Gasteiger partial charge is 0.273 e. The van der Waals surface area contributed by atoms with Gasteiger partial charge in [0.2, 0.25) is 0 Å². The topological polar surface area (TPSA) is 69.2 Å². The highest BCUT2D eigenvalue weighted by molar-refractivity contribution is 6.00. The number of nitrogens with zero attached hydrogens (tertiary/aromatic N) is 2. The van der Waals surface area contributed by atoms with Gasteiger partial charge in [-0.3, -0.25) is 9.89 Å². The minimum absolute atomic E-state index is 0.0418. The van der Waals surface area contributed by atoms with Gasteiger partial charge in [-0.2, -0.15) is 5.10 Å². The van der Waals surface area contributed by atoms with Crippen LogP contribution in [0.5, 0.6) is 5.75 Å². The maximum Gasteiger partial charge on any atom is 0.273 e. The predicted molar refractivity (Wildman–Crippen MR) is 95.3 cm³/mol. The van der Waals surface area contributed by atoms with Crippen molar-refractivity contribution in [2.45, 2.75) is 19.4 Å². The largest absolute Gasteiger partial charge is 0.507 e. The van der Waals surface area contributed by atoms with E-state index in [1.54, 1.807) is 12.1 Å². The van der Waals surface area contributed by atoms with Gasteiger partial charge in [-0.1, -0.05) is 49.4 Å². The van der Waals surface area contributed by atoms with Gasteiger partial charge in [0.05, 0.1) is 6.04 Å². The summed E-state index contributed by atoms with van der Waals surface area (Å²) in [6, 6.07) is 16.8. The van der Waals surface area contributed by atoms with Crippen molar-refractivity contribution >= 4 is 5.91 Å². The number of para-hydroxylation sites is 1. The van der Waals surface area contributed by atoms with Crippen molar-refractivity contribution in [2.75, 3.05) is 6.54 Å². The van der Waals surface area contributed by atoms with E-state index < -0.39 is 0 Å². The normalized spacial score (nSPS) is 16.3. The van der Waals surface area contributed by atoms with Gasteiger partial charge in [0.15, 0.2) is 0 Å². The number of hydrogen-bond acceptors (Lipinski definition) is 3. The number of aromatic nitrogens is 2. The van der Waals surface area contributed by atoms with Gasteiger partial charge >= 0.3 is 0 Å². The quantitative estimate of drug-likeness (QED) is 0.764. The fourth-order valence-corrected chi connectivity index (χ4v) is 3.53. The number of fused-ring (bicyclic) bond motifs is 1. The highest BCUT2D eigenvalue weighted by Gasteiger charge is 2.41. The van der Waals surface area contributed by atoms with E-state index in [0.29, 0.717) is 23.5 Å². The third-order valence-corrected chi connectivity index (χ3v) is 4.60. The Morgan fingerprint density at radius 3 is 2.56 bits per heavy atom. The number of phenols is 1. The average molecular weight is 333 g/mol. The number of hydrogen-bond donors (Lipinski definition) is 2. The molecule has 5 nitrogen and oxygen atoms in total. The summed E-state index contributed by atoms with van der Waals surface area (Å²) in [4.78, 5) is 14.8. The van der Waals surface area contributed by atoms with Gasteiger partial charge in [0.1, 0.15) is 17.1 Å². The van der Waals surface area contributed by atoms with Crippen molar-refractivity contribution in [1.29, 1.82) is 0 Å². The van der Waals surface area contributed by atoms with E-state index in [0.717, 1.165) is 17.5 Å². The SMILES string of the molecule is CCCN1C(=O)c2[nH]nc(-c3ccccc3O)c2[C@@H]1c1ccccc1. The molecule has 25 heavy (non-hydrogen) atoms. The van der Waals surface area contributed by atoms with Crippen LogP contribution in [0.3, 0.4) is 0 Å². The van der Waals surface area contributed by atoms with Crippen LogP contribution in [-0.2, 0) is 0 Å². The molecule has 0 spiro atoms. The number of carbonyl (C=O) groups is 1. The number of rotatable bonds is 4. The van der Waals surface area contributed by atoms with Crippen molar-refractivity contribution in [3.63, 3.8) is 0 Å².